The molecule has 22 heavy (non-hydrogen) atoms. The first kappa shape index (κ1) is 16.0. The zero-order valence-corrected chi connectivity index (χ0v) is 14.1. The van der Waals surface area contributed by atoms with Crippen LogP contribution < -0.4 is 4.74 Å². The molecule has 0 aromatic heterocycles. The normalized spacial score (nSPS) is 11.3. The van der Waals surface area contributed by atoms with Gasteiger partial charge in [0.25, 0.3) is 0 Å². The summed E-state index contributed by atoms with van der Waals surface area (Å²) in [4.78, 5) is 13.8. The summed E-state index contributed by atoms with van der Waals surface area (Å²) in [5.74, 6) is 0.746. The Balaban J connectivity index is 2.56. The molecule has 0 aliphatic carbocycles. The van der Waals surface area contributed by atoms with Crippen LogP contribution >= 0.6 is 0 Å². The molecule has 110 valence electrons. The van der Waals surface area contributed by atoms with Crippen LogP contribution in [0.2, 0.25) is 0 Å². The van der Waals surface area contributed by atoms with Crippen LogP contribution in [-0.2, 0) is 4.79 Å². The number of rotatable bonds is 5. The molecule has 0 unspecified atom stereocenters. The van der Waals surface area contributed by atoms with Crippen molar-refractivity contribution in [1.29, 1.82) is 5.26 Å². The molecular weight excluding hydrogens is 341 g/mol. The van der Waals surface area contributed by atoms with Crippen molar-refractivity contribution < 1.29 is 9.53 Å². The molecule has 0 spiro atoms. The van der Waals surface area contributed by atoms with E-state index in [4.69, 9.17) is 10.00 Å². The minimum absolute atomic E-state index is 0.435. The van der Waals surface area contributed by atoms with Gasteiger partial charge in [0.2, 0.25) is 0 Å². The Bertz CT molecular complexity index is 725. The van der Waals surface area contributed by atoms with Gasteiger partial charge in [-0.15, -0.1) is 0 Å². The number of methoxy groups -OCH3 is 1. The van der Waals surface area contributed by atoms with Crippen LogP contribution in [-0.4, -0.2) is 28.4 Å². The molecule has 0 amide bonds. The predicted molar refractivity (Wildman–Crippen MR) is 88.4 cm³/mol. The first-order chi connectivity index (χ1) is 10.7. The average molecular weight is 356 g/mol. The summed E-state index contributed by atoms with van der Waals surface area (Å²) in [5, 5.41) is 9.14. The van der Waals surface area contributed by atoms with E-state index in [0.717, 1.165) is 33.2 Å². The van der Waals surface area contributed by atoms with Crippen LogP contribution in [0.1, 0.15) is 16.7 Å². The molecule has 2 aromatic carbocycles. The van der Waals surface area contributed by atoms with Crippen LogP contribution in [0.3, 0.4) is 0 Å². The molecular formula is C18H15NO2Se. The van der Waals surface area contributed by atoms with E-state index in [-0.39, 0.29) is 0 Å². The number of carbonyl (C=O) groups excluding carboxylic acids is 1. The van der Waals surface area contributed by atoms with Crippen molar-refractivity contribution in [2.45, 2.75) is 6.92 Å². The number of aldehydes is 1. The zero-order valence-electron chi connectivity index (χ0n) is 12.4. The third-order valence-corrected chi connectivity index (χ3v) is 4.80. The SMILES string of the molecule is COc1ccc(/C([Se]C#N)=C(/C=O)c2ccc(C)cc2)cc1. The Labute approximate surface area is 136 Å². The van der Waals surface area contributed by atoms with Gasteiger partial charge in [-0.1, -0.05) is 0 Å². The van der Waals surface area contributed by atoms with Gasteiger partial charge >= 0.3 is 136 Å². The van der Waals surface area contributed by atoms with Crippen molar-refractivity contribution >= 4 is 31.3 Å². The number of hydrogen-bond donors (Lipinski definition) is 0. The van der Waals surface area contributed by atoms with E-state index in [0.29, 0.717) is 5.57 Å². The van der Waals surface area contributed by atoms with E-state index in [1.165, 1.54) is 0 Å². The maximum absolute atomic E-state index is 11.6. The maximum atomic E-state index is 11.6. The van der Waals surface area contributed by atoms with Gasteiger partial charge in [0, 0.05) is 0 Å². The second-order valence-electron chi connectivity index (χ2n) is 4.65. The van der Waals surface area contributed by atoms with E-state index < -0.39 is 15.0 Å². The number of hydrogen-bond acceptors (Lipinski definition) is 3. The van der Waals surface area contributed by atoms with E-state index in [2.05, 4.69) is 4.97 Å². The Morgan fingerprint density at radius 3 is 2.18 bits per heavy atom. The molecule has 0 bridgehead atoms. The van der Waals surface area contributed by atoms with Crippen molar-refractivity contribution in [3.05, 3.63) is 65.2 Å². The Kier molecular flexibility index (Phi) is 5.54. The van der Waals surface area contributed by atoms with Crippen LogP contribution in [0.5, 0.6) is 5.75 Å². The third-order valence-electron chi connectivity index (χ3n) is 3.22. The van der Waals surface area contributed by atoms with Gasteiger partial charge < -0.3 is 0 Å². The number of nitriles is 1. The van der Waals surface area contributed by atoms with Gasteiger partial charge in [0.15, 0.2) is 0 Å². The number of aryl methyl sites for hydroxylation is 1. The van der Waals surface area contributed by atoms with Crippen LogP contribution in [0.15, 0.2) is 48.5 Å². The van der Waals surface area contributed by atoms with Gasteiger partial charge in [-0.05, 0) is 0 Å². The molecule has 0 fully saturated rings. The summed E-state index contributed by atoms with van der Waals surface area (Å²) in [6.07, 6.45) is 0.837. The van der Waals surface area contributed by atoms with Crippen molar-refractivity contribution in [2.75, 3.05) is 7.11 Å². The van der Waals surface area contributed by atoms with Gasteiger partial charge in [0.1, 0.15) is 0 Å². The van der Waals surface area contributed by atoms with Crippen molar-refractivity contribution in [2.24, 2.45) is 0 Å². The van der Waals surface area contributed by atoms with Gasteiger partial charge in [-0.3, -0.25) is 0 Å². The molecule has 0 saturated carbocycles. The zero-order chi connectivity index (χ0) is 15.9. The third kappa shape index (κ3) is 3.65. The van der Waals surface area contributed by atoms with E-state index in [1.807, 2.05) is 55.5 Å². The summed E-state index contributed by atoms with van der Waals surface area (Å²) in [6.45, 7) is 2.00. The molecule has 3 nitrogen and oxygen atoms in total. The molecule has 0 atom stereocenters. The summed E-state index contributed by atoms with van der Waals surface area (Å²) in [7, 11) is 1.61. The predicted octanol–water partition coefficient (Wildman–Crippen LogP) is 3.26. The van der Waals surface area contributed by atoms with Crippen molar-refractivity contribution in [3.63, 3.8) is 0 Å². The Hall–Kier alpha value is -2.34. The molecule has 2 rings (SSSR count). The minimum atomic E-state index is -0.435. The molecule has 0 aliphatic heterocycles. The Morgan fingerprint density at radius 2 is 1.68 bits per heavy atom. The summed E-state index contributed by atoms with van der Waals surface area (Å²) in [5.41, 5.74) is 3.42. The first-order valence-corrected chi connectivity index (χ1v) is 8.37. The average Bonchev–Trinajstić information content (AvgIpc) is 2.56. The first-order valence-electron chi connectivity index (χ1n) is 6.66. The second-order valence-corrected chi connectivity index (χ2v) is 6.32. The van der Waals surface area contributed by atoms with Gasteiger partial charge in [-0.25, -0.2) is 0 Å². The topological polar surface area (TPSA) is 50.1 Å². The molecule has 0 aliphatic rings. The van der Waals surface area contributed by atoms with Crippen molar-refractivity contribution in [3.8, 4) is 10.7 Å². The van der Waals surface area contributed by atoms with Crippen LogP contribution in [0, 0.1) is 17.2 Å². The number of nitrogens with zero attached hydrogens (tertiary/aromatic N) is 1. The molecule has 0 radical (unpaired) electrons. The standard InChI is InChI=1S/C18H15NO2Se/c1-13-3-5-14(6-4-13)17(11-20)18(22-12-19)15-7-9-16(21-2)10-8-15/h3-11H,1-2H3/b18-17+. The second kappa shape index (κ2) is 7.61. The number of allylic oxidation sites excluding steroid dienone is 1. The molecule has 0 heterocycles. The fourth-order valence-corrected chi connectivity index (χ4v) is 3.35. The molecule has 4 heteroatoms. The number of carbonyl (C=O) groups is 1. The Morgan fingerprint density at radius 1 is 1.09 bits per heavy atom. The van der Waals surface area contributed by atoms with Gasteiger partial charge in [0.05, 0.1) is 0 Å². The summed E-state index contributed by atoms with van der Waals surface area (Å²) < 4.78 is 5.94. The quantitative estimate of drug-likeness (QED) is 0.358. The van der Waals surface area contributed by atoms with Crippen molar-refractivity contribution in [1.82, 2.24) is 0 Å². The van der Waals surface area contributed by atoms with Gasteiger partial charge in [-0.2, -0.15) is 0 Å². The molecule has 2 aromatic rings. The fourth-order valence-electron chi connectivity index (χ4n) is 2.04. The monoisotopic (exact) mass is 357 g/mol. The molecule has 0 saturated heterocycles. The number of ether oxygens (including phenoxy) is 1. The number of benzene rings is 2. The fraction of sp³-hybridized carbons (Fsp3) is 0.111. The molecule has 0 N–H and O–H groups in total. The van der Waals surface area contributed by atoms with E-state index in [1.54, 1.807) is 7.11 Å². The van der Waals surface area contributed by atoms with E-state index >= 15 is 0 Å². The van der Waals surface area contributed by atoms with Crippen LogP contribution in [0.4, 0.5) is 0 Å². The van der Waals surface area contributed by atoms with E-state index in [9.17, 15) is 4.79 Å². The van der Waals surface area contributed by atoms with Crippen LogP contribution in [0.25, 0.3) is 10.0 Å². The summed E-state index contributed by atoms with van der Waals surface area (Å²) in [6, 6.07) is 15.2. The summed E-state index contributed by atoms with van der Waals surface area (Å²) >= 11 is -0.435.